The molecular weight excluding hydrogens is 476 g/mol. The number of alkyl halides is 2. The maximum Gasteiger partial charge on any atom is 0.408 e. The number of alkyl carbamates (subject to hydrolysis) is 1. The van der Waals surface area contributed by atoms with Gasteiger partial charge in [-0.25, -0.2) is 13.6 Å². The third kappa shape index (κ3) is 7.23. The van der Waals surface area contributed by atoms with Crippen LogP contribution in [0.25, 0.3) is 0 Å². The highest BCUT2D eigenvalue weighted by atomic mass is 19.3. The van der Waals surface area contributed by atoms with Gasteiger partial charge in [-0.2, -0.15) is 5.10 Å². The molecule has 1 aromatic rings. The molecular formula is C24H35F2N5O5. The molecule has 200 valence electrons. The number of aryl methyl sites for hydroxylation is 1. The first-order valence-electron chi connectivity index (χ1n) is 12.2. The minimum Gasteiger partial charge on any atom is -0.444 e. The second kappa shape index (κ2) is 10.5. The van der Waals surface area contributed by atoms with Gasteiger partial charge in [-0.1, -0.05) is 32.1 Å². The van der Waals surface area contributed by atoms with Gasteiger partial charge in [0.05, 0.1) is 0 Å². The summed E-state index contributed by atoms with van der Waals surface area (Å²) in [7, 11) is 1.61. The van der Waals surface area contributed by atoms with E-state index in [1.807, 2.05) is 0 Å². The molecule has 0 aromatic carbocycles. The van der Waals surface area contributed by atoms with Crippen LogP contribution in [0.3, 0.4) is 0 Å². The highest BCUT2D eigenvalue weighted by Crippen LogP contribution is 2.46. The highest BCUT2D eigenvalue weighted by molar-refractivity contribution is 6.44. The van der Waals surface area contributed by atoms with Crippen molar-refractivity contribution in [2.75, 3.05) is 5.32 Å². The molecule has 2 saturated carbocycles. The normalized spacial score (nSPS) is 19.9. The maximum atomic E-state index is 14.0. The van der Waals surface area contributed by atoms with Gasteiger partial charge in [0, 0.05) is 32.2 Å². The van der Waals surface area contributed by atoms with Gasteiger partial charge in [-0.3, -0.25) is 19.1 Å². The molecule has 36 heavy (non-hydrogen) atoms. The molecule has 2 aliphatic carbocycles. The summed E-state index contributed by atoms with van der Waals surface area (Å²) in [5, 5.41) is 11.2. The third-order valence-electron chi connectivity index (χ3n) is 6.38. The Kier molecular flexibility index (Phi) is 8.04. The van der Waals surface area contributed by atoms with Crippen LogP contribution < -0.4 is 16.0 Å². The van der Waals surface area contributed by atoms with Gasteiger partial charge in [0.15, 0.2) is 5.82 Å². The molecule has 3 amide bonds. The Bertz CT molecular complexity index is 989. The summed E-state index contributed by atoms with van der Waals surface area (Å²) in [6.45, 7) is 5.02. The number of amides is 3. The SMILES string of the molecule is Cn1ccc(NC(=O)C(=O)C2(NC(=O)[C@H](CC3CCCCC3)NC(=O)OC(C)(C)C)CC(F)(F)C2)n1. The lowest BCUT2D eigenvalue weighted by Crippen LogP contribution is -2.70. The van der Waals surface area contributed by atoms with Gasteiger partial charge < -0.3 is 20.7 Å². The van der Waals surface area contributed by atoms with E-state index < -0.39 is 59.6 Å². The Morgan fingerprint density at radius 3 is 2.33 bits per heavy atom. The van der Waals surface area contributed by atoms with Gasteiger partial charge in [0.2, 0.25) is 11.7 Å². The molecule has 0 radical (unpaired) electrons. The van der Waals surface area contributed by atoms with Crippen molar-refractivity contribution in [2.45, 2.75) is 95.2 Å². The fourth-order valence-corrected chi connectivity index (χ4v) is 4.77. The van der Waals surface area contributed by atoms with Crippen LogP contribution in [0.2, 0.25) is 0 Å². The number of carbonyl (C=O) groups is 4. The highest BCUT2D eigenvalue weighted by Gasteiger charge is 2.63. The quantitative estimate of drug-likeness (QED) is 0.460. The molecule has 0 unspecified atom stereocenters. The van der Waals surface area contributed by atoms with Crippen molar-refractivity contribution < 1.29 is 32.7 Å². The zero-order chi connectivity index (χ0) is 26.7. The van der Waals surface area contributed by atoms with Crippen LogP contribution in [0, 0.1) is 5.92 Å². The van der Waals surface area contributed by atoms with Crippen molar-refractivity contribution in [2.24, 2.45) is 13.0 Å². The number of nitrogens with zero attached hydrogens (tertiary/aromatic N) is 2. The van der Waals surface area contributed by atoms with Gasteiger partial charge in [-0.15, -0.1) is 0 Å². The van der Waals surface area contributed by atoms with E-state index in [1.54, 1.807) is 27.8 Å². The molecule has 12 heteroatoms. The number of carbonyl (C=O) groups excluding carboxylic acids is 4. The summed E-state index contributed by atoms with van der Waals surface area (Å²) >= 11 is 0. The van der Waals surface area contributed by atoms with Crippen LogP contribution in [0.1, 0.15) is 72.1 Å². The molecule has 10 nitrogen and oxygen atoms in total. The topological polar surface area (TPSA) is 131 Å². The minimum absolute atomic E-state index is 0.0742. The number of nitrogens with one attached hydrogen (secondary N) is 3. The first kappa shape index (κ1) is 27.5. The Balaban J connectivity index is 1.76. The molecule has 3 N–H and O–H groups in total. The molecule has 0 spiro atoms. The first-order chi connectivity index (χ1) is 16.7. The van der Waals surface area contributed by atoms with Gasteiger partial charge in [0.25, 0.3) is 11.8 Å². The van der Waals surface area contributed by atoms with Crippen LogP contribution in [-0.4, -0.2) is 56.6 Å². The number of Topliss-reactive ketones (excluding diaryl/α,β-unsaturated/α-hetero) is 1. The van der Waals surface area contributed by atoms with Gasteiger partial charge in [0.1, 0.15) is 17.2 Å². The van der Waals surface area contributed by atoms with Crippen molar-refractivity contribution in [3.8, 4) is 0 Å². The molecule has 2 aliphatic rings. The smallest absolute Gasteiger partial charge is 0.408 e. The first-order valence-corrected chi connectivity index (χ1v) is 12.2. The van der Waals surface area contributed by atoms with Crippen molar-refractivity contribution in [3.63, 3.8) is 0 Å². The largest absolute Gasteiger partial charge is 0.444 e. The van der Waals surface area contributed by atoms with Crippen molar-refractivity contribution in [1.82, 2.24) is 20.4 Å². The molecule has 0 aliphatic heterocycles. The van der Waals surface area contributed by atoms with Gasteiger partial charge in [-0.05, 0) is 33.1 Å². The summed E-state index contributed by atoms with van der Waals surface area (Å²) in [5.41, 5.74) is -2.90. The molecule has 1 atom stereocenters. The summed E-state index contributed by atoms with van der Waals surface area (Å²) in [4.78, 5) is 51.3. The monoisotopic (exact) mass is 511 g/mol. The van der Waals surface area contributed by atoms with E-state index in [2.05, 4.69) is 21.0 Å². The third-order valence-corrected chi connectivity index (χ3v) is 6.38. The second-order valence-corrected chi connectivity index (χ2v) is 10.9. The number of hydrogen-bond donors (Lipinski definition) is 3. The average molecular weight is 512 g/mol. The van der Waals surface area contributed by atoms with Crippen molar-refractivity contribution in [1.29, 1.82) is 0 Å². The van der Waals surface area contributed by atoms with Crippen LogP contribution in [0.5, 0.6) is 0 Å². The Morgan fingerprint density at radius 2 is 1.81 bits per heavy atom. The van der Waals surface area contributed by atoms with Crippen LogP contribution in [0.15, 0.2) is 12.3 Å². The summed E-state index contributed by atoms with van der Waals surface area (Å²) in [5.74, 6) is -6.15. The maximum absolute atomic E-state index is 14.0. The second-order valence-electron chi connectivity index (χ2n) is 10.9. The zero-order valence-electron chi connectivity index (χ0n) is 21.2. The molecule has 0 bridgehead atoms. The number of aromatic nitrogens is 2. The molecule has 0 saturated heterocycles. The Morgan fingerprint density at radius 1 is 1.17 bits per heavy atom. The summed E-state index contributed by atoms with van der Waals surface area (Å²) < 4.78 is 34.6. The number of ether oxygens (including phenoxy) is 1. The fourth-order valence-electron chi connectivity index (χ4n) is 4.77. The standard InChI is InChI=1S/C24H35F2N5O5/c1-22(2,3)36-21(35)27-16(12-15-8-6-5-7-9-15)19(33)29-23(13-24(25,26)14-23)18(32)20(34)28-17-10-11-31(4)30-17/h10-11,15-16H,5-9,12-14H2,1-4H3,(H,27,35)(H,29,33)(H,28,30,34)/t16-/m0/s1. The Hall–Kier alpha value is -3.05. The molecule has 3 rings (SSSR count). The van der Waals surface area contributed by atoms with Crippen LogP contribution in [0.4, 0.5) is 19.4 Å². The number of anilines is 1. The van der Waals surface area contributed by atoms with Crippen molar-refractivity contribution >= 4 is 29.5 Å². The van der Waals surface area contributed by atoms with Crippen LogP contribution in [-0.2, 0) is 26.2 Å². The Labute approximate surface area is 208 Å². The lowest BCUT2D eigenvalue weighted by molar-refractivity contribution is -0.167. The number of hydrogen-bond acceptors (Lipinski definition) is 6. The van der Waals surface area contributed by atoms with Gasteiger partial charge >= 0.3 is 6.09 Å². The van der Waals surface area contributed by atoms with E-state index in [0.717, 1.165) is 32.1 Å². The van der Waals surface area contributed by atoms with E-state index in [4.69, 9.17) is 4.74 Å². The van der Waals surface area contributed by atoms with E-state index >= 15 is 0 Å². The molecule has 2 fully saturated rings. The summed E-state index contributed by atoms with van der Waals surface area (Å²) in [6, 6.07) is 0.331. The lowest BCUT2D eigenvalue weighted by Gasteiger charge is -2.46. The predicted octanol–water partition coefficient (Wildman–Crippen LogP) is 3.08. The lowest BCUT2D eigenvalue weighted by atomic mass is 9.70. The number of ketones is 1. The fraction of sp³-hybridized carbons (Fsp3) is 0.708. The minimum atomic E-state index is -3.22. The zero-order valence-corrected chi connectivity index (χ0v) is 21.2. The summed E-state index contributed by atoms with van der Waals surface area (Å²) in [6.07, 6.45) is 3.77. The number of rotatable bonds is 8. The van der Waals surface area contributed by atoms with Crippen LogP contribution >= 0.6 is 0 Å². The predicted molar refractivity (Wildman–Crippen MR) is 126 cm³/mol. The molecule has 1 heterocycles. The van der Waals surface area contributed by atoms with E-state index in [0.29, 0.717) is 0 Å². The molecule has 1 aromatic heterocycles. The van der Waals surface area contributed by atoms with E-state index in [1.165, 1.54) is 16.9 Å². The average Bonchev–Trinajstić information content (AvgIpc) is 3.15. The van der Waals surface area contributed by atoms with E-state index in [9.17, 15) is 28.0 Å². The van der Waals surface area contributed by atoms with E-state index in [-0.39, 0.29) is 18.2 Å². The van der Waals surface area contributed by atoms with Crippen molar-refractivity contribution in [3.05, 3.63) is 12.3 Å². The number of halogens is 2.